The van der Waals surface area contributed by atoms with Gasteiger partial charge in [-0.15, -0.1) is 0 Å². The van der Waals surface area contributed by atoms with Crippen molar-refractivity contribution in [2.75, 3.05) is 34.5 Å². The molecule has 0 spiro atoms. The zero-order chi connectivity index (χ0) is 24.3. The molecule has 1 unspecified atom stereocenters. The monoisotopic (exact) mass is 495 g/mol. The fourth-order valence-electron chi connectivity index (χ4n) is 3.82. The Hall–Kier alpha value is -2.94. The highest BCUT2D eigenvalue weighted by Crippen LogP contribution is 2.47. The van der Waals surface area contributed by atoms with Crippen molar-refractivity contribution in [1.29, 1.82) is 0 Å². The minimum absolute atomic E-state index is 0.00252. The molecule has 0 saturated carbocycles. The second-order valence-corrected chi connectivity index (χ2v) is 8.01. The average molecular weight is 496 g/mol. The standard InChI is InChI=1S/C23H23Cl2NO7/c1-31-9-5-8-26-18(12-6-4-7-13(27)10-12)16(20(29)23(26)30)19(28)14-11-15(24)22(33-3)17(25)21(14)32-2/h4,6-7,10-11,18,27-28H,5,8-9H2,1-3H3/b19-16+. The third-order valence-corrected chi connectivity index (χ3v) is 5.89. The number of carbonyl (C=O) groups excluding carboxylic acids is 2. The molecule has 33 heavy (non-hydrogen) atoms. The van der Waals surface area contributed by atoms with Gasteiger partial charge in [0.1, 0.15) is 16.5 Å². The summed E-state index contributed by atoms with van der Waals surface area (Å²) in [6.45, 7) is 0.560. The van der Waals surface area contributed by atoms with Crippen molar-refractivity contribution in [2.45, 2.75) is 12.5 Å². The number of carbonyl (C=O) groups is 2. The lowest BCUT2D eigenvalue weighted by Gasteiger charge is -2.25. The summed E-state index contributed by atoms with van der Waals surface area (Å²) < 4.78 is 15.6. The number of phenolic OH excluding ortho intramolecular Hbond substituents is 1. The number of aromatic hydroxyl groups is 1. The Morgan fingerprint density at radius 2 is 1.79 bits per heavy atom. The van der Waals surface area contributed by atoms with E-state index in [4.69, 9.17) is 37.4 Å². The molecule has 176 valence electrons. The van der Waals surface area contributed by atoms with Gasteiger partial charge in [0.15, 0.2) is 11.5 Å². The van der Waals surface area contributed by atoms with E-state index in [1.54, 1.807) is 12.1 Å². The van der Waals surface area contributed by atoms with E-state index in [9.17, 15) is 19.8 Å². The van der Waals surface area contributed by atoms with Crippen molar-refractivity contribution in [2.24, 2.45) is 0 Å². The molecule has 2 N–H and O–H groups in total. The minimum atomic E-state index is -0.960. The van der Waals surface area contributed by atoms with Crippen LogP contribution in [0.1, 0.15) is 23.6 Å². The largest absolute Gasteiger partial charge is 0.508 e. The van der Waals surface area contributed by atoms with E-state index in [2.05, 4.69) is 0 Å². The minimum Gasteiger partial charge on any atom is -0.508 e. The van der Waals surface area contributed by atoms with Crippen LogP contribution >= 0.6 is 23.2 Å². The highest BCUT2D eigenvalue weighted by molar-refractivity contribution is 6.47. The van der Waals surface area contributed by atoms with Gasteiger partial charge in [-0.05, 0) is 30.2 Å². The molecule has 0 bridgehead atoms. The Morgan fingerprint density at radius 1 is 1.09 bits per heavy atom. The predicted molar refractivity (Wildman–Crippen MR) is 123 cm³/mol. The SMILES string of the molecule is COCCCN1C(=O)C(=O)/C(=C(/O)c2cc(Cl)c(OC)c(Cl)c2OC)C1c1cccc(O)c1. The molecule has 1 atom stereocenters. The number of benzene rings is 2. The van der Waals surface area contributed by atoms with Crippen LogP contribution in [0.2, 0.25) is 10.0 Å². The number of hydrogen-bond acceptors (Lipinski definition) is 7. The Morgan fingerprint density at radius 3 is 2.39 bits per heavy atom. The van der Waals surface area contributed by atoms with Crippen LogP contribution in [-0.4, -0.2) is 61.3 Å². The van der Waals surface area contributed by atoms with Gasteiger partial charge in [0, 0.05) is 20.3 Å². The van der Waals surface area contributed by atoms with Crippen LogP contribution in [0.15, 0.2) is 35.9 Å². The number of nitrogens with zero attached hydrogens (tertiary/aromatic N) is 1. The summed E-state index contributed by atoms with van der Waals surface area (Å²) in [5.74, 6) is -2.08. The number of aliphatic hydroxyl groups is 1. The lowest BCUT2D eigenvalue weighted by Crippen LogP contribution is -2.31. The van der Waals surface area contributed by atoms with E-state index in [-0.39, 0.29) is 45.0 Å². The summed E-state index contributed by atoms with van der Waals surface area (Å²) in [5.41, 5.74) is 0.282. The quantitative estimate of drug-likeness (QED) is 0.245. The molecule has 2 aromatic rings. The van der Waals surface area contributed by atoms with Crippen LogP contribution in [0.25, 0.3) is 5.76 Å². The van der Waals surface area contributed by atoms with Crippen LogP contribution < -0.4 is 9.47 Å². The van der Waals surface area contributed by atoms with Gasteiger partial charge in [-0.2, -0.15) is 0 Å². The van der Waals surface area contributed by atoms with E-state index in [1.807, 2.05) is 0 Å². The van der Waals surface area contributed by atoms with Gasteiger partial charge >= 0.3 is 0 Å². The molecule has 8 nitrogen and oxygen atoms in total. The highest BCUT2D eigenvalue weighted by atomic mass is 35.5. The molecule has 0 aromatic heterocycles. The van der Waals surface area contributed by atoms with Gasteiger partial charge in [-0.25, -0.2) is 0 Å². The molecule has 1 aliphatic heterocycles. The van der Waals surface area contributed by atoms with E-state index < -0.39 is 23.5 Å². The number of phenols is 1. The lowest BCUT2D eigenvalue weighted by molar-refractivity contribution is -0.140. The Labute approximate surface area is 200 Å². The number of ketones is 1. The number of amides is 1. The third-order valence-electron chi connectivity index (χ3n) is 5.27. The summed E-state index contributed by atoms with van der Waals surface area (Å²) in [7, 11) is 4.24. The fraction of sp³-hybridized carbons (Fsp3) is 0.304. The number of likely N-dealkylation sites (tertiary alicyclic amines) is 1. The molecule has 1 saturated heterocycles. The molecule has 0 aliphatic carbocycles. The summed E-state index contributed by atoms with van der Waals surface area (Å²) in [6, 6.07) is 6.52. The zero-order valence-corrected chi connectivity index (χ0v) is 19.7. The van der Waals surface area contributed by atoms with Crippen molar-refractivity contribution in [3.8, 4) is 17.2 Å². The first-order chi connectivity index (χ1) is 15.8. The van der Waals surface area contributed by atoms with E-state index >= 15 is 0 Å². The second kappa shape index (κ2) is 10.3. The van der Waals surface area contributed by atoms with E-state index in [0.29, 0.717) is 18.6 Å². The average Bonchev–Trinajstić information content (AvgIpc) is 3.03. The number of aliphatic hydroxyl groups excluding tert-OH is 1. The Balaban J connectivity index is 2.25. The highest BCUT2D eigenvalue weighted by Gasteiger charge is 2.46. The van der Waals surface area contributed by atoms with E-state index in [0.717, 1.165) is 0 Å². The molecule has 0 radical (unpaired) electrons. The topological polar surface area (TPSA) is 106 Å². The van der Waals surface area contributed by atoms with Gasteiger partial charge in [0.2, 0.25) is 0 Å². The summed E-state index contributed by atoms with van der Waals surface area (Å²) in [6.07, 6.45) is 0.461. The first-order valence-corrected chi connectivity index (χ1v) is 10.7. The maximum Gasteiger partial charge on any atom is 0.295 e. The van der Waals surface area contributed by atoms with Crippen molar-refractivity contribution in [3.63, 3.8) is 0 Å². The van der Waals surface area contributed by atoms with E-state index in [1.165, 1.54) is 44.4 Å². The van der Waals surface area contributed by atoms with Crippen molar-refractivity contribution in [1.82, 2.24) is 4.90 Å². The predicted octanol–water partition coefficient (Wildman–Crippen LogP) is 4.17. The number of rotatable bonds is 8. The molecule has 1 heterocycles. The molecular weight excluding hydrogens is 473 g/mol. The number of Topliss-reactive ketones (excluding diaryl/α,β-unsaturated/α-hetero) is 1. The Kier molecular flexibility index (Phi) is 7.73. The maximum absolute atomic E-state index is 13.1. The van der Waals surface area contributed by atoms with Gasteiger partial charge in [0.05, 0.1) is 36.4 Å². The zero-order valence-electron chi connectivity index (χ0n) is 18.2. The fourth-order valence-corrected chi connectivity index (χ4v) is 4.51. The number of hydrogen-bond donors (Lipinski definition) is 2. The smallest absolute Gasteiger partial charge is 0.295 e. The summed E-state index contributed by atoms with van der Waals surface area (Å²) in [4.78, 5) is 27.4. The number of halogens is 2. The second-order valence-electron chi connectivity index (χ2n) is 7.22. The van der Waals surface area contributed by atoms with Crippen LogP contribution in [-0.2, 0) is 14.3 Å². The first kappa shape index (κ1) is 24.7. The maximum atomic E-state index is 13.1. The molecule has 1 fully saturated rings. The van der Waals surface area contributed by atoms with Gasteiger partial charge in [0.25, 0.3) is 11.7 Å². The third kappa shape index (κ3) is 4.59. The summed E-state index contributed by atoms with van der Waals surface area (Å²) >= 11 is 12.6. The molecule has 2 aromatic carbocycles. The van der Waals surface area contributed by atoms with Gasteiger partial charge in [-0.1, -0.05) is 35.3 Å². The number of ether oxygens (including phenoxy) is 3. The lowest BCUT2D eigenvalue weighted by atomic mass is 9.94. The molecule has 1 aliphatic rings. The van der Waals surface area contributed by atoms with Gasteiger partial charge < -0.3 is 29.3 Å². The van der Waals surface area contributed by atoms with Crippen molar-refractivity contribution < 1.29 is 34.0 Å². The van der Waals surface area contributed by atoms with Gasteiger partial charge in [-0.3, -0.25) is 9.59 Å². The van der Waals surface area contributed by atoms with Crippen LogP contribution in [0, 0.1) is 0 Å². The molecule has 10 heteroatoms. The number of methoxy groups -OCH3 is 3. The molecular formula is C23H23Cl2NO7. The summed E-state index contributed by atoms with van der Waals surface area (Å²) in [5, 5.41) is 21.4. The van der Waals surface area contributed by atoms with Crippen molar-refractivity contribution in [3.05, 3.63) is 57.1 Å². The normalized spacial score (nSPS) is 17.5. The van der Waals surface area contributed by atoms with Crippen molar-refractivity contribution >= 4 is 40.7 Å². The van der Waals surface area contributed by atoms with Crippen LogP contribution in [0.3, 0.4) is 0 Å². The Bertz CT molecular complexity index is 1120. The molecule has 1 amide bonds. The first-order valence-electron chi connectivity index (χ1n) is 9.93. The van der Waals surface area contributed by atoms with Crippen LogP contribution in [0.4, 0.5) is 0 Å². The molecule has 3 rings (SSSR count). The van der Waals surface area contributed by atoms with Crippen LogP contribution in [0.5, 0.6) is 17.2 Å².